The van der Waals surface area contributed by atoms with E-state index in [1.54, 1.807) is 0 Å². The normalized spacial score (nSPS) is 11.9. The Kier molecular flexibility index (Phi) is 9.02. The molecule has 2 nitrogen and oxygen atoms in total. The largest absolute Gasteiger partial charge is 2.00 e. The van der Waals surface area contributed by atoms with Crippen LogP contribution in [0.2, 0.25) is 0 Å². The summed E-state index contributed by atoms with van der Waals surface area (Å²) in [5, 5.41) is 7.71. The molecule has 0 aliphatic heterocycles. The minimum Gasteiger partial charge on any atom is -1.00 e. The molecule has 0 spiro atoms. The van der Waals surface area contributed by atoms with Crippen LogP contribution in [0, 0.1) is 0 Å². The van der Waals surface area contributed by atoms with E-state index < -0.39 is 11.2 Å². The van der Waals surface area contributed by atoms with E-state index in [2.05, 4.69) is 12.6 Å². The molecule has 40 valence electrons. The van der Waals surface area contributed by atoms with E-state index in [0.717, 1.165) is 0 Å². The van der Waals surface area contributed by atoms with E-state index in [4.69, 9.17) is 5.11 Å². The van der Waals surface area contributed by atoms with Crippen molar-refractivity contribution in [1.29, 1.82) is 0 Å². The first-order chi connectivity index (χ1) is 2.64. The Bertz CT molecular complexity index is 70.8. The maximum absolute atomic E-state index is 9.76. The van der Waals surface area contributed by atoms with Crippen LogP contribution in [0.15, 0.2) is 0 Å². The second kappa shape index (κ2) is 5.59. The number of carbonyl (C=O) groups excluding carboxylic acids is 1. The monoisotopic (exact) mass is 196 g/mol. The molecule has 0 rings (SSSR count). The molecule has 1 unspecified atom stereocenters. The van der Waals surface area contributed by atoms with E-state index in [-0.39, 0.29) is 48.3 Å². The third-order valence-corrected chi connectivity index (χ3v) is 0.731. The summed E-state index contributed by atoms with van der Waals surface area (Å²) in [5.74, 6) is 0. The zero-order valence-electron chi connectivity index (χ0n) is 6.09. The zero-order chi connectivity index (χ0) is 5.15. The minimum atomic E-state index is -0.923. The average Bonchev–Trinajstić information content (AvgIpc) is 1.36. The van der Waals surface area contributed by atoms with Crippen LogP contribution in [0.5, 0.6) is 0 Å². The molecule has 0 aliphatic carbocycles. The first-order valence-corrected chi connectivity index (χ1v) is 2.00. The number of thiol groups is 1. The van der Waals surface area contributed by atoms with Crippen LogP contribution < -0.4 is 0 Å². The third kappa shape index (κ3) is 7.46. The van der Waals surface area contributed by atoms with Gasteiger partial charge in [-0.25, -0.2) is 0 Å². The van der Waals surface area contributed by atoms with Gasteiger partial charge >= 0.3 is 45.5 Å². The van der Waals surface area contributed by atoms with E-state index in [1.165, 1.54) is 6.92 Å². The standard InChI is InChI=1S/C3H6O2S.Sr.2H/c1-2(4)3(5)6;;;/h2,4H,1H3,(H,5,6);;;/q;+2;2*-1. The maximum atomic E-state index is 9.76. The van der Waals surface area contributed by atoms with Crippen molar-refractivity contribution in [2.24, 2.45) is 0 Å². The maximum Gasteiger partial charge on any atom is 2.00 e. The SMILES string of the molecule is CC(O)C(=O)S.[H-].[H-].[Sr+2]. The Morgan fingerprint density at radius 3 is 2.14 bits per heavy atom. The van der Waals surface area contributed by atoms with Gasteiger partial charge in [0.15, 0.2) is 0 Å². The van der Waals surface area contributed by atoms with Crippen molar-refractivity contribution in [3.63, 3.8) is 0 Å². The number of hydrogen-bond donors (Lipinski definition) is 2. The van der Waals surface area contributed by atoms with Gasteiger partial charge in [0.2, 0.25) is 5.12 Å². The molecule has 4 heteroatoms. The van der Waals surface area contributed by atoms with Crippen molar-refractivity contribution in [2.45, 2.75) is 13.0 Å². The molecule has 0 heterocycles. The van der Waals surface area contributed by atoms with Crippen molar-refractivity contribution < 1.29 is 12.8 Å². The van der Waals surface area contributed by atoms with Crippen molar-refractivity contribution in [3.8, 4) is 0 Å². The minimum absolute atomic E-state index is 0. The van der Waals surface area contributed by atoms with Crippen molar-refractivity contribution in [1.82, 2.24) is 0 Å². The molecule has 7 heavy (non-hydrogen) atoms. The molecule has 0 aromatic heterocycles. The Morgan fingerprint density at radius 1 is 2.00 bits per heavy atom. The van der Waals surface area contributed by atoms with Gasteiger partial charge in [-0.2, -0.15) is 0 Å². The second-order valence-electron chi connectivity index (χ2n) is 1.01. The smallest absolute Gasteiger partial charge is 1.00 e. The van der Waals surface area contributed by atoms with Gasteiger partial charge in [0.05, 0.1) is 0 Å². The summed E-state index contributed by atoms with van der Waals surface area (Å²) in [4.78, 5) is 9.76. The van der Waals surface area contributed by atoms with Gasteiger partial charge in [0.25, 0.3) is 0 Å². The number of rotatable bonds is 1. The molecule has 1 N–H and O–H groups in total. The Hall–Kier alpha value is 1.46. The molecule has 0 amide bonds. The fourth-order valence-corrected chi connectivity index (χ4v) is 0. The fraction of sp³-hybridized carbons (Fsp3) is 0.667. The first kappa shape index (κ1) is 11.3. The van der Waals surface area contributed by atoms with Gasteiger partial charge in [-0.05, 0) is 6.92 Å². The van der Waals surface area contributed by atoms with Gasteiger partial charge in [-0.3, -0.25) is 4.79 Å². The number of hydrogen-bond acceptors (Lipinski definition) is 2. The third-order valence-electron chi connectivity index (χ3n) is 0.357. The molecule has 0 radical (unpaired) electrons. The molecular weight excluding hydrogens is 188 g/mol. The summed E-state index contributed by atoms with van der Waals surface area (Å²) >= 11 is 3.30. The average molecular weight is 196 g/mol. The van der Waals surface area contributed by atoms with E-state index in [9.17, 15) is 4.79 Å². The molecule has 0 bridgehead atoms. The van der Waals surface area contributed by atoms with Crippen LogP contribution in [-0.4, -0.2) is 61.8 Å². The number of aliphatic hydroxyl groups excluding tert-OH is 1. The van der Waals surface area contributed by atoms with E-state index >= 15 is 0 Å². The van der Waals surface area contributed by atoms with Crippen molar-refractivity contribution >= 4 is 63.2 Å². The molecule has 0 saturated heterocycles. The van der Waals surface area contributed by atoms with Crippen LogP contribution in [0.3, 0.4) is 0 Å². The predicted molar refractivity (Wildman–Crippen MR) is 33.7 cm³/mol. The molecule has 0 aromatic rings. The molecule has 0 aliphatic rings. The summed E-state index contributed by atoms with van der Waals surface area (Å²) in [6, 6.07) is 0. The quantitative estimate of drug-likeness (QED) is 0.444. The molecule has 1 atom stereocenters. The molecule has 0 saturated carbocycles. The van der Waals surface area contributed by atoms with Crippen molar-refractivity contribution in [3.05, 3.63) is 0 Å². The van der Waals surface area contributed by atoms with Crippen molar-refractivity contribution in [2.75, 3.05) is 0 Å². The topological polar surface area (TPSA) is 37.3 Å². The fourth-order valence-electron chi connectivity index (χ4n) is 0. The van der Waals surface area contributed by atoms with Crippen LogP contribution in [0.1, 0.15) is 9.78 Å². The van der Waals surface area contributed by atoms with E-state index in [1.807, 2.05) is 0 Å². The predicted octanol–water partition coefficient (Wildman–Crippen LogP) is -0.332. The Morgan fingerprint density at radius 2 is 2.14 bits per heavy atom. The Labute approximate surface area is 87.9 Å². The summed E-state index contributed by atoms with van der Waals surface area (Å²) in [6.07, 6.45) is -0.923. The van der Waals surface area contributed by atoms with Crippen LogP contribution >= 0.6 is 12.6 Å². The molecular formula is C3H8O2SSr. The molecule has 0 fully saturated rings. The summed E-state index contributed by atoms with van der Waals surface area (Å²) in [5.41, 5.74) is 0. The summed E-state index contributed by atoms with van der Waals surface area (Å²) < 4.78 is 0. The number of carbonyl (C=O) groups is 1. The summed E-state index contributed by atoms with van der Waals surface area (Å²) in [7, 11) is 0. The summed E-state index contributed by atoms with van der Waals surface area (Å²) in [6.45, 7) is 1.37. The van der Waals surface area contributed by atoms with E-state index in [0.29, 0.717) is 0 Å². The van der Waals surface area contributed by atoms with Crippen LogP contribution in [-0.2, 0) is 4.79 Å². The molecule has 0 aromatic carbocycles. The van der Waals surface area contributed by atoms with Gasteiger partial charge in [-0.15, -0.1) is 12.6 Å². The van der Waals surface area contributed by atoms with Gasteiger partial charge in [-0.1, -0.05) is 0 Å². The van der Waals surface area contributed by atoms with Gasteiger partial charge in [0, 0.05) is 0 Å². The number of aliphatic hydroxyl groups is 1. The van der Waals surface area contributed by atoms with Crippen LogP contribution in [0.25, 0.3) is 0 Å². The zero-order valence-corrected chi connectivity index (χ0v) is 8.46. The van der Waals surface area contributed by atoms with Gasteiger partial charge < -0.3 is 7.96 Å². The second-order valence-corrected chi connectivity index (χ2v) is 1.45. The van der Waals surface area contributed by atoms with Crippen LogP contribution in [0.4, 0.5) is 0 Å². The van der Waals surface area contributed by atoms with Gasteiger partial charge in [0.1, 0.15) is 6.10 Å². The Balaban J connectivity index is -0.0000000417. The first-order valence-electron chi connectivity index (χ1n) is 1.55.